The monoisotopic (exact) mass is 255 g/mol. The second-order valence-electron chi connectivity index (χ2n) is 5.18. The number of hydrogen-bond donors (Lipinski definition) is 1. The van der Waals surface area contributed by atoms with E-state index in [1.165, 1.54) is 24.3 Å². The van der Waals surface area contributed by atoms with Crippen molar-refractivity contribution < 1.29 is 4.79 Å². The number of fused-ring (bicyclic) bond motifs is 1. The number of rotatable bonds is 1. The van der Waals surface area contributed by atoms with E-state index < -0.39 is 0 Å². The number of thioether (sulfide) groups is 1. The summed E-state index contributed by atoms with van der Waals surface area (Å²) in [4.78, 5) is 16.8. The highest BCUT2D eigenvalue weighted by Gasteiger charge is 2.36. The van der Waals surface area contributed by atoms with Gasteiger partial charge in [-0.25, -0.2) is 0 Å². The molecule has 1 atom stereocenters. The van der Waals surface area contributed by atoms with Crippen LogP contribution in [0.2, 0.25) is 0 Å². The summed E-state index contributed by atoms with van der Waals surface area (Å²) >= 11 is 2.07. The van der Waals surface area contributed by atoms with Gasteiger partial charge in [0.05, 0.1) is 0 Å². The van der Waals surface area contributed by atoms with Gasteiger partial charge in [-0.15, -0.1) is 0 Å². The first-order valence-corrected chi connectivity index (χ1v) is 7.83. The fraction of sp³-hybridized carbons (Fsp3) is 0.917. The Morgan fingerprint density at radius 1 is 1.12 bits per heavy atom. The Morgan fingerprint density at radius 2 is 1.88 bits per heavy atom. The molecule has 0 aliphatic carbocycles. The lowest BCUT2D eigenvalue weighted by molar-refractivity contribution is -0.132. The second kappa shape index (κ2) is 5.16. The smallest absolute Gasteiger partial charge is 0.238 e. The van der Waals surface area contributed by atoms with Crippen molar-refractivity contribution in [3.05, 3.63) is 0 Å². The van der Waals surface area contributed by atoms with Crippen LogP contribution < -0.4 is 5.32 Å². The minimum Gasteiger partial charge on any atom is -0.353 e. The number of nitrogens with one attached hydrogen (secondary N) is 1. The zero-order valence-corrected chi connectivity index (χ0v) is 11.0. The molecule has 96 valence electrons. The van der Waals surface area contributed by atoms with Gasteiger partial charge in [-0.05, 0) is 24.3 Å². The molecule has 5 heteroatoms. The molecule has 3 fully saturated rings. The van der Waals surface area contributed by atoms with Gasteiger partial charge in [0.25, 0.3) is 0 Å². The maximum atomic E-state index is 11.9. The molecule has 0 aromatic rings. The van der Waals surface area contributed by atoms with Gasteiger partial charge in [0, 0.05) is 38.8 Å². The third-order valence-corrected chi connectivity index (χ3v) is 5.28. The molecule has 4 nitrogen and oxygen atoms in total. The normalized spacial score (nSPS) is 33.2. The van der Waals surface area contributed by atoms with E-state index in [4.69, 9.17) is 0 Å². The van der Waals surface area contributed by atoms with Crippen LogP contribution in [0.15, 0.2) is 0 Å². The van der Waals surface area contributed by atoms with Crippen LogP contribution in [-0.4, -0.2) is 72.0 Å². The van der Waals surface area contributed by atoms with Gasteiger partial charge in [0.1, 0.15) is 6.04 Å². The fourth-order valence-corrected chi connectivity index (χ4v) is 4.26. The second-order valence-corrected chi connectivity index (χ2v) is 6.41. The Labute approximate surface area is 107 Å². The van der Waals surface area contributed by atoms with Crippen molar-refractivity contribution in [3.8, 4) is 0 Å². The molecule has 1 amide bonds. The fourth-order valence-electron chi connectivity index (χ4n) is 3.18. The summed E-state index contributed by atoms with van der Waals surface area (Å²) in [6, 6.07) is 0.847. The molecular formula is C12H21N3OS. The van der Waals surface area contributed by atoms with Crippen LogP contribution in [0, 0.1) is 0 Å². The quantitative estimate of drug-likeness (QED) is 0.715. The average molecular weight is 255 g/mol. The standard InChI is InChI=1S/C12H21N3OS/c16-12-11-9-15(10-1-7-17-8-2-10)6-5-14(11)4-3-13-12/h10-11H,1-9H2,(H,13,16). The Bertz CT molecular complexity index is 293. The summed E-state index contributed by atoms with van der Waals surface area (Å²) < 4.78 is 0. The van der Waals surface area contributed by atoms with E-state index in [2.05, 4.69) is 26.9 Å². The summed E-state index contributed by atoms with van der Waals surface area (Å²) in [6.45, 7) is 5.03. The first-order valence-electron chi connectivity index (χ1n) is 6.68. The van der Waals surface area contributed by atoms with E-state index in [0.717, 1.165) is 38.8 Å². The maximum Gasteiger partial charge on any atom is 0.238 e. The van der Waals surface area contributed by atoms with Crippen LogP contribution in [0.5, 0.6) is 0 Å². The molecule has 3 heterocycles. The van der Waals surface area contributed by atoms with E-state index in [-0.39, 0.29) is 11.9 Å². The highest BCUT2D eigenvalue weighted by Crippen LogP contribution is 2.24. The minimum atomic E-state index is 0.118. The number of nitrogens with zero attached hydrogens (tertiary/aromatic N) is 2. The molecule has 3 rings (SSSR count). The van der Waals surface area contributed by atoms with Crippen molar-refractivity contribution >= 4 is 17.7 Å². The highest BCUT2D eigenvalue weighted by atomic mass is 32.2. The summed E-state index contributed by atoms with van der Waals surface area (Å²) in [5, 5.41) is 2.99. The molecule has 0 bridgehead atoms. The molecule has 1 unspecified atom stereocenters. The zero-order valence-electron chi connectivity index (χ0n) is 10.2. The molecule has 17 heavy (non-hydrogen) atoms. The lowest BCUT2D eigenvalue weighted by Gasteiger charge is -2.46. The number of piperazine rings is 2. The number of amides is 1. The van der Waals surface area contributed by atoms with Gasteiger partial charge in [0.2, 0.25) is 5.91 Å². The van der Waals surface area contributed by atoms with Gasteiger partial charge in [-0.2, -0.15) is 11.8 Å². The van der Waals surface area contributed by atoms with Crippen molar-refractivity contribution in [2.75, 3.05) is 44.2 Å². The molecule has 0 spiro atoms. The van der Waals surface area contributed by atoms with Crippen molar-refractivity contribution in [1.29, 1.82) is 0 Å². The average Bonchev–Trinajstić information content (AvgIpc) is 2.40. The van der Waals surface area contributed by atoms with E-state index in [1.54, 1.807) is 0 Å². The van der Waals surface area contributed by atoms with Gasteiger partial charge < -0.3 is 5.32 Å². The highest BCUT2D eigenvalue weighted by molar-refractivity contribution is 7.99. The molecular weight excluding hydrogens is 234 g/mol. The Morgan fingerprint density at radius 3 is 2.71 bits per heavy atom. The summed E-state index contributed by atoms with van der Waals surface area (Å²) in [5.74, 6) is 2.83. The van der Waals surface area contributed by atoms with Crippen molar-refractivity contribution in [2.45, 2.75) is 24.9 Å². The van der Waals surface area contributed by atoms with E-state index in [9.17, 15) is 4.79 Å². The third kappa shape index (κ3) is 2.46. The lowest BCUT2D eigenvalue weighted by atomic mass is 10.0. The van der Waals surface area contributed by atoms with Gasteiger partial charge >= 0.3 is 0 Å². The van der Waals surface area contributed by atoms with E-state index in [1.807, 2.05) is 0 Å². The molecule has 1 N–H and O–H groups in total. The summed E-state index contributed by atoms with van der Waals surface area (Å²) in [6.07, 6.45) is 2.61. The maximum absolute atomic E-state index is 11.9. The third-order valence-electron chi connectivity index (χ3n) is 4.23. The Balaban J connectivity index is 1.63. The topological polar surface area (TPSA) is 35.6 Å². The number of carbonyl (C=O) groups excluding carboxylic acids is 1. The van der Waals surface area contributed by atoms with Crippen molar-refractivity contribution in [1.82, 2.24) is 15.1 Å². The largest absolute Gasteiger partial charge is 0.353 e. The van der Waals surface area contributed by atoms with Crippen LogP contribution in [0.1, 0.15) is 12.8 Å². The van der Waals surface area contributed by atoms with Crippen LogP contribution >= 0.6 is 11.8 Å². The van der Waals surface area contributed by atoms with Crippen LogP contribution in [0.25, 0.3) is 0 Å². The zero-order chi connectivity index (χ0) is 11.7. The van der Waals surface area contributed by atoms with Crippen molar-refractivity contribution in [2.24, 2.45) is 0 Å². The SMILES string of the molecule is O=C1NCCN2CCN(C3CCSCC3)CC12. The van der Waals surface area contributed by atoms with Crippen LogP contribution in [0.4, 0.5) is 0 Å². The molecule has 0 aromatic carbocycles. The Kier molecular flexibility index (Phi) is 3.59. The van der Waals surface area contributed by atoms with Gasteiger partial charge in [-0.1, -0.05) is 0 Å². The molecule has 3 saturated heterocycles. The first-order chi connectivity index (χ1) is 8.34. The van der Waals surface area contributed by atoms with Crippen LogP contribution in [-0.2, 0) is 4.79 Å². The molecule has 3 aliphatic heterocycles. The predicted octanol–water partition coefficient (Wildman–Crippen LogP) is -0.00200. The molecule has 3 aliphatic rings. The number of carbonyl (C=O) groups is 1. The van der Waals surface area contributed by atoms with Gasteiger partial charge in [0.15, 0.2) is 0 Å². The minimum absolute atomic E-state index is 0.118. The summed E-state index contributed by atoms with van der Waals surface area (Å²) in [7, 11) is 0. The molecule has 0 aromatic heterocycles. The van der Waals surface area contributed by atoms with Crippen molar-refractivity contribution in [3.63, 3.8) is 0 Å². The van der Waals surface area contributed by atoms with E-state index >= 15 is 0 Å². The molecule has 0 saturated carbocycles. The molecule has 0 radical (unpaired) electrons. The summed E-state index contributed by atoms with van der Waals surface area (Å²) in [5.41, 5.74) is 0. The lowest BCUT2D eigenvalue weighted by Crippen LogP contribution is -2.65. The van der Waals surface area contributed by atoms with Crippen LogP contribution in [0.3, 0.4) is 0 Å². The predicted molar refractivity (Wildman–Crippen MR) is 70.3 cm³/mol. The Hall–Kier alpha value is -0.260. The van der Waals surface area contributed by atoms with E-state index in [0.29, 0.717) is 0 Å². The number of hydrogen-bond acceptors (Lipinski definition) is 4. The van der Waals surface area contributed by atoms with Gasteiger partial charge in [-0.3, -0.25) is 14.6 Å². The first kappa shape index (κ1) is 11.8.